The Morgan fingerprint density at radius 2 is 1.05 bits per heavy atom. The molecule has 0 atom stereocenters. The van der Waals surface area contributed by atoms with E-state index in [-0.39, 0.29) is 0 Å². The SMILES string of the molecule is CCCCCCC1=C(c2ccc(CCCC)cc2)[N+](=[N-])C(c2cccc(CCCC)c2)=C1CCCCC. The van der Waals surface area contributed by atoms with Crippen molar-refractivity contribution in [1.29, 1.82) is 0 Å². The Bertz CT molecular complexity index is 1050. The molecule has 2 aromatic carbocycles. The second-order valence-corrected chi connectivity index (χ2v) is 10.8. The van der Waals surface area contributed by atoms with Crippen molar-refractivity contribution in [3.05, 3.63) is 87.5 Å². The van der Waals surface area contributed by atoms with E-state index in [1.165, 1.54) is 92.9 Å². The molecule has 0 bridgehead atoms. The highest BCUT2D eigenvalue weighted by atomic mass is 15.2. The number of aryl methyl sites for hydroxylation is 2. The second kappa shape index (κ2) is 15.7. The first-order valence-electron chi connectivity index (χ1n) is 15.3. The summed E-state index contributed by atoms with van der Waals surface area (Å²) in [5, 5.41) is 0. The molecule has 0 unspecified atom stereocenters. The van der Waals surface area contributed by atoms with Crippen LogP contribution in [0.2, 0.25) is 0 Å². The maximum Gasteiger partial charge on any atom is 0.211 e. The molecule has 0 aliphatic carbocycles. The smallest absolute Gasteiger partial charge is 0.211 e. The second-order valence-electron chi connectivity index (χ2n) is 10.8. The zero-order chi connectivity index (χ0) is 26.5. The molecule has 0 spiro atoms. The van der Waals surface area contributed by atoms with Gasteiger partial charge in [-0.05, 0) is 86.8 Å². The van der Waals surface area contributed by atoms with E-state index in [4.69, 9.17) is 0 Å². The van der Waals surface area contributed by atoms with Crippen molar-refractivity contribution in [1.82, 2.24) is 0 Å². The third kappa shape index (κ3) is 8.00. The van der Waals surface area contributed by atoms with Crippen LogP contribution in [0.25, 0.3) is 16.9 Å². The topological polar surface area (TPSA) is 25.3 Å². The zero-order valence-electron chi connectivity index (χ0n) is 24.1. The van der Waals surface area contributed by atoms with Gasteiger partial charge in [0.2, 0.25) is 11.4 Å². The lowest BCUT2D eigenvalue weighted by molar-refractivity contribution is -0.345. The minimum atomic E-state index is 1.01. The van der Waals surface area contributed by atoms with E-state index in [0.717, 1.165) is 48.2 Å². The molecule has 2 nitrogen and oxygen atoms in total. The standard InChI is InChI=1S/C35H50N2/c1-5-9-13-15-22-32-33(21-14-10-6-2)35(31-20-16-19-29(27-31)18-12-8-4)37(36)34(32)30-25-23-28(24-26-30)17-11-7-3/h16,19-20,23-27H,5-15,17-18,21-22H2,1-4H3. The summed E-state index contributed by atoms with van der Waals surface area (Å²) >= 11 is 0. The molecule has 0 aromatic heterocycles. The molecule has 0 amide bonds. The molecule has 1 heterocycles. The third-order valence-corrected chi connectivity index (χ3v) is 7.74. The number of benzene rings is 2. The predicted molar refractivity (Wildman–Crippen MR) is 160 cm³/mol. The molecule has 1 aliphatic rings. The van der Waals surface area contributed by atoms with E-state index in [2.05, 4.69) is 76.2 Å². The summed E-state index contributed by atoms with van der Waals surface area (Å²) in [4.78, 5) is 0. The minimum Gasteiger partial charge on any atom is -0.493 e. The van der Waals surface area contributed by atoms with Crippen LogP contribution in [-0.2, 0) is 12.8 Å². The van der Waals surface area contributed by atoms with Crippen LogP contribution in [0, 0.1) is 0 Å². The first-order chi connectivity index (χ1) is 18.1. The van der Waals surface area contributed by atoms with Gasteiger partial charge in [-0.1, -0.05) is 96.9 Å². The Hall–Kier alpha value is -2.48. The molecule has 1 aliphatic heterocycles. The van der Waals surface area contributed by atoms with Crippen LogP contribution < -0.4 is 0 Å². The molecule has 200 valence electrons. The molecule has 0 saturated heterocycles. The first-order valence-corrected chi connectivity index (χ1v) is 15.3. The van der Waals surface area contributed by atoms with Crippen molar-refractivity contribution < 1.29 is 4.70 Å². The molecule has 0 fully saturated rings. The van der Waals surface area contributed by atoms with E-state index >= 15 is 0 Å². The lowest BCUT2D eigenvalue weighted by atomic mass is 9.91. The van der Waals surface area contributed by atoms with Crippen molar-refractivity contribution >= 4 is 11.4 Å². The Kier molecular flexibility index (Phi) is 12.3. The fraction of sp³-hybridized carbons (Fsp3) is 0.543. The van der Waals surface area contributed by atoms with Gasteiger partial charge in [0.1, 0.15) is 0 Å². The molecule has 0 saturated carbocycles. The maximum atomic E-state index is 11.9. The van der Waals surface area contributed by atoms with Gasteiger partial charge in [0.05, 0.1) is 0 Å². The first kappa shape index (κ1) is 29.1. The van der Waals surface area contributed by atoms with Crippen LogP contribution in [0.4, 0.5) is 0 Å². The molecule has 2 heteroatoms. The van der Waals surface area contributed by atoms with Gasteiger partial charge >= 0.3 is 0 Å². The normalized spacial score (nSPS) is 13.8. The van der Waals surface area contributed by atoms with E-state index in [0.29, 0.717) is 0 Å². The highest BCUT2D eigenvalue weighted by molar-refractivity contribution is 5.82. The van der Waals surface area contributed by atoms with Gasteiger partial charge in [0, 0.05) is 22.3 Å². The van der Waals surface area contributed by atoms with Gasteiger partial charge in [-0.2, -0.15) is 0 Å². The van der Waals surface area contributed by atoms with Gasteiger partial charge in [-0.15, -0.1) is 0 Å². The average molecular weight is 499 g/mol. The highest BCUT2D eigenvalue weighted by Gasteiger charge is 2.35. The minimum absolute atomic E-state index is 1.01. The van der Waals surface area contributed by atoms with Gasteiger partial charge in [0.25, 0.3) is 0 Å². The van der Waals surface area contributed by atoms with E-state index in [9.17, 15) is 5.53 Å². The van der Waals surface area contributed by atoms with E-state index in [1.54, 1.807) is 4.70 Å². The summed E-state index contributed by atoms with van der Waals surface area (Å²) in [6.45, 7) is 9.04. The summed E-state index contributed by atoms with van der Waals surface area (Å²) in [7, 11) is 0. The van der Waals surface area contributed by atoms with Crippen molar-refractivity contribution in [2.24, 2.45) is 0 Å². The quantitative estimate of drug-likeness (QED) is 0.153. The summed E-state index contributed by atoms with van der Waals surface area (Å²) in [6.07, 6.45) is 17.7. The number of hydrogen-bond acceptors (Lipinski definition) is 0. The van der Waals surface area contributed by atoms with Crippen LogP contribution in [0.5, 0.6) is 0 Å². The van der Waals surface area contributed by atoms with Crippen LogP contribution in [0.1, 0.15) is 133 Å². The van der Waals surface area contributed by atoms with E-state index < -0.39 is 0 Å². The summed E-state index contributed by atoms with van der Waals surface area (Å²) < 4.78 is 1.55. The number of allylic oxidation sites excluding steroid dienone is 2. The monoisotopic (exact) mass is 498 g/mol. The summed E-state index contributed by atoms with van der Waals surface area (Å²) in [5.41, 5.74) is 21.7. The number of unbranched alkanes of at least 4 members (excludes halogenated alkanes) is 7. The lowest BCUT2D eigenvalue weighted by Crippen LogP contribution is -2.03. The largest absolute Gasteiger partial charge is 0.493 e. The van der Waals surface area contributed by atoms with Crippen molar-refractivity contribution in [2.45, 2.75) is 124 Å². The molecule has 0 radical (unpaired) electrons. The average Bonchev–Trinajstić information content (AvgIpc) is 3.20. The third-order valence-electron chi connectivity index (χ3n) is 7.74. The predicted octanol–water partition coefficient (Wildman–Crippen LogP) is 11.1. The Labute approximate surface area is 227 Å². The van der Waals surface area contributed by atoms with Gasteiger partial charge in [-0.3, -0.25) is 0 Å². The number of rotatable bonds is 17. The molecule has 2 aromatic rings. The number of hydrogen-bond donors (Lipinski definition) is 0. The maximum absolute atomic E-state index is 11.9. The Morgan fingerprint density at radius 1 is 0.514 bits per heavy atom. The number of nitrogens with zero attached hydrogens (tertiary/aromatic N) is 2. The highest BCUT2D eigenvalue weighted by Crippen LogP contribution is 2.44. The van der Waals surface area contributed by atoms with Gasteiger partial charge in [0.15, 0.2) is 0 Å². The van der Waals surface area contributed by atoms with Crippen LogP contribution in [0.15, 0.2) is 59.7 Å². The van der Waals surface area contributed by atoms with Crippen LogP contribution >= 0.6 is 0 Å². The van der Waals surface area contributed by atoms with Crippen LogP contribution in [-0.4, -0.2) is 4.70 Å². The summed E-state index contributed by atoms with van der Waals surface area (Å²) in [6, 6.07) is 17.9. The van der Waals surface area contributed by atoms with Gasteiger partial charge < -0.3 is 5.53 Å². The van der Waals surface area contributed by atoms with Crippen molar-refractivity contribution in [3.8, 4) is 0 Å². The van der Waals surface area contributed by atoms with Crippen molar-refractivity contribution in [3.63, 3.8) is 0 Å². The zero-order valence-corrected chi connectivity index (χ0v) is 24.1. The summed E-state index contributed by atoms with van der Waals surface area (Å²) in [5.74, 6) is 0. The Morgan fingerprint density at radius 3 is 1.68 bits per heavy atom. The molecular weight excluding hydrogens is 448 g/mol. The lowest BCUT2D eigenvalue weighted by Gasteiger charge is -2.11. The molecule has 37 heavy (non-hydrogen) atoms. The fourth-order valence-electron chi connectivity index (χ4n) is 5.53. The van der Waals surface area contributed by atoms with Crippen molar-refractivity contribution in [2.75, 3.05) is 0 Å². The van der Waals surface area contributed by atoms with E-state index in [1.807, 2.05) is 0 Å². The molecular formula is C35H50N2. The van der Waals surface area contributed by atoms with Gasteiger partial charge in [-0.25, -0.2) is 4.70 Å². The molecule has 0 N–H and O–H groups in total. The molecule has 3 rings (SSSR count). The van der Waals surface area contributed by atoms with Crippen LogP contribution in [0.3, 0.4) is 0 Å². The Balaban J connectivity index is 2.05. The fourth-order valence-corrected chi connectivity index (χ4v) is 5.53.